The molecule has 0 N–H and O–H groups in total. The van der Waals surface area contributed by atoms with Gasteiger partial charge in [0.2, 0.25) is 0 Å². The van der Waals surface area contributed by atoms with E-state index in [2.05, 4.69) is 106 Å². The van der Waals surface area contributed by atoms with Gasteiger partial charge in [-0.05, 0) is 96.3 Å². The van der Waals surface area contributed by atoms with Crippen LogP contribution in [-0.4, -0.2) is 37.2 Å². The summed E-state index contributed by atoms with van der Waals surface area (Å²) in [4.78, 5) is 38.4. The Bertz CT molecular complexity index is 1520. The van der Waals surface area contributed by atoms with E-state index in [0.717, 1.165) is 103 Å². The van der Waals surface area contributed by atoms with Gasteiger partial charge in [0.1, 0.15) is 13.2 Å². The van der Waals surface area contributed by atoms with E-state index in [1.807, 2.05) is 0 Å². The molecule has 0 aliphatic rings. The summed E-state index contributed by atoms with van der Waals surface area (Å²) in [7, 11) is 0. The second-order valence-electron chi connectivity index (χ2n) is 23.1. The molecule has 0 aliphatic heterocycles. The van der Waals surface area contributed by atoms with Crippen LogP contribution in [0.25, 0.3) is 0 Å². The Hall–Kier alpha value is -3.41. The molecule has 462 valence electrons. The highest BCUT2D eigenvalue weighted by molar-refractivity contribution is 5.71. The van der Waals surface area contributed by atoms with Crippen LogP contribution >= 0.6 is 0 Å². The smallest absolute Gasteiger partial charge is 0.306 e. The molecule has 0 bridgehead atoms. The first-order valence-corrected chi connectivity index (χ1v) is 34.6. The zero-order chi connectivity index (χ0) is 57.8. The number of allylic oxidation sites excluding steroid dienone is 14. The lowest BCUT2D eigenvalue weighted by Crippen LogP contribution is -2.30. The second kappa shape index (κ2) is 68.1. The summed E-state index contributed by atoms with van der Waals surface area (Å²) >= 11 is 0. The van der Waals surface area contributed by atoms with E-state index < -0.39 is 6.10 Å². The number of carbonyl (C=O) groups is 3. The molecule has 1 atom stereocenters. The van der Waals surface area contributed by atoms with Gasteiger partial charge < -0.3 is 14.2 Å². The molecule has 0 fully saturated rings. The third kappa shape index (κ3) is 65.4. The molecule has 6 nitrogen and oxygen atoms in total. The molecule has 0 rings (SSSR count). The van der Waals surface area contributed by atoms with Crippen LogP contribution in [0.4, 0.5) is 0 Å². The van der Waals surface area contributed by atoms with Crippen molar-refractivity contribution in [1.82, 2.24) is 0 Å². The number of hydrogen-bond acceptors (Lipinski definition) is 6. The van der Waals surface area contributed by atoms with Crippen molar-refractivity contribution in [3.63, 3.8) is 0 Å². The van der Waals surface area contributed by atoms with Crippen LogP contribution < -0.4 is 0 Å². The zero-order valence-corrected chi connectivity index (χ0v) is 53.1. The molecule has 80 heavy (non-hydrogen) atoms. The Balaban J connectivity index is 4.24. The minimum atomic E-state index is -0.779. The maximum Gasteiger partial charge on any atom is 0.306 e. The van der Waals surface area contributed by atoms with Crippen LogP contribution in [0.3, 0.4) is 0 Å². The fourth-order valence-corrected chi connectivity index (χ4v) is 9.97. The number of esters is 3. The topological polar surface area (TPSA) is 78.9 Å². The zero-order valence-electron chi connectivity index (χ0n) is 53.1. The van der Waals surface area contributed by atoms with Gasteiger partial charge in [-0.15, -0.1) is 0 Å². The molecule has 0 aliphatic carbocycles. The van der Waals surface area contributed by atoms with E-state index in [0.29, 0.717) is 19.3 Å². The van der Waals surface area contributed by atoms with Crippen molar-refractivity contribution in [2.45, 2.75) is 354 Å². The minimum Gasteiger partial charge on any atom is -0.462 e. The van der Waals surface area contributed by atoms with Gasteiger partial charge in [0.25, 0.3) is 0 Å². The summed E-state index contributed by atoms with van der Waals surface area (Å²) in [6, 6.07) is 0. The molecular weight excluding hydrogens is 985 g/mol. The van der Waals surface area contributed by atoms with Crippen molar-refractivity contribution >= 4 is 17.9 Å². The molecule has 1 unspecified atom stereocenters. The van der Waals surface area contributed by atoms with E-state index in [1.165, 1.54) is 205 Å². The molecule has 0 heterocycles. The number of carbonyl (C=O) groups excluding carboxylic acids is 3. The predicted octanol–water partition coefficient (Wildman–Crippen LogP) is 23.8. The summed E-state index contributed by atoms with van der Waals surface area (Å²) in [6.45, 7) is 6.56. The maximum absolute atomic E-state index is 12.9. The second-order valence-corrected chi connectivity index (χ2v) is 23.1. The van der Waals surface area contributed by atoms with Gasteiger partial charge in [-0.3, -0.25) is 14.4 Å². The Morgan fingerprint density at radius 3 is 0.775 bits per heavy atom. The van der Waals surface area contributed by atoms with Crippen molar-refractivity contribution in [3.8, 4) is 0 Å². The van der Waals surface area contributed by atoms with Gasteiger partial charge in [0, 0.05) is 19.3 Å². The quantitative estimate of drug-likeness (QED) is 0.0261. The lowest BCUT2D eigenvalue weighted by molar-refractivity contribution is -0.167. The molecule has 0 radical (unpaired) electrons. The van der Waals surface area contributed by atoms with Crippen molar-refractivity contribution in [3.05, 3.63) is 85.1 Å². The summed E-state index contributed by atoms with van der Waals surface area (Å²) in [5.41, 5.74) is 0. The molecular formula is C74H130O6. The molecule has 0 spiro atoms. The first-order chi connectivity index (χ1) is 39.5. The first kappa shape index (κ1) is 76.6. The van der Waals surface area contributed by atoms with Crippen molar-refractivity contribution < 1.29 is 28.6 Å². The van der Waals surface area contributed by atoms with Crippen molar-refractivity contribution in [2.75, 3.05) is 13.2 Å². The normalized spacial score (nSPS) is 12.6. The highest BCUT2D eigenvalue weighted by Gasteiger charge is 2.19. The minimum absolute atomic E-state index is 0.0757. The summed E-state index contributed by atoms with van der Waals surface area (Å²) < 4.78 is 17.0. The summed E-state index contributed by atoms with van der Waals surface area (Å²) in [5.74, 6) is -0.866. The Morgan fingerprint density at radius 2 is 0.487 bits per heavy atom. The van der Waals surface area contributed by atoms with Crippen LogP contribution in [0, 0.1) is 0 Å². The molecule has 0 amide bonds. The van der Waals surface area contributed by atoms with Gasteiger partial charge in [0.15, 0.2) is 6.10 Å². The summed E-state index contributed by atoms with van der Waals surface area (Å²) in [6.07, 6.45) is 90.3. The van der Waals surface area contributed by atoms with Crippen molar-refractivity contribution in [1.29, 1.82) is 0 Å². The third-order valence-electron chi connectivity index (χ3n) is 15.1. The van der Waals surface area contributed by atoms with Crippen LogP contribution in [-0.2, 0) is 28.6 Å². The lowest BCUT2D eigenvalue weighted by atomic mass is 10.0. The van der Waals surface area contributed by atoms with Gasteiger partial charge in [-0.25, -0.2) is 0 Å². The molecule has 6 heteroatoms. The molecule has 0 aromatic heterocycles. The fourth-order valence-electron chi connectivity index (χ4n) is 9.97. The highest BCUT2D eigenvalue weighted by Crippen LogP contribution is 2.17. The van der Waals surface area contributed by atoms with Gasteiger partial charge in [-0.2, -0.15) is 0 Å². The monoisotopic (exact) mass is 1110 g/mol. The van der Waals surface area contributed by atoms with Gasteiger partial charge >= 0.3 is 17.9 Å². The predicted molar refractivity (Wildman–Crippen MR) is 348 cm³/mol. The first-order valence-electron chi connectivity index (χ1n) is 34.6. The molecule has 0 aromatic rings. The van der Waals surface area contributed by atoms with E-state index >= 15 is 0 Å². The summed E-state index contributed by atoms with van der Waals surface area (Å²) in [5, 5.41) is 0. The Kier molecular flexibility index (Phi) is 65.2. The van der Waals surface area contributed by atoms with E-state index in [1.54, 1.807) is 0 Å². The molecule has 0 aromatic carbocycles. The molecule has 0 saturated carbocycles. The van der Waals surface area contributed by atoms with Gasteiger partial charge in [-0.1, -0.05) is 318 Å². The average molecular weight is 1120 g/mol. The standard InChI is InChI=1S/C74H130O6/c1-4-7-10-13-16-19-22-25-28-30-31-32-33-34-35-36-37-38-39-40-41-42-43-44-47-49-52-55-58-61-64-67-73(76)79-70-71(69-78-72(75)66-63-60-57-54-51-48-45-27-24-21-18-15-12-9-6-3)80-74(77)68-65-62-59-56-53-50-46-29-26-23-20-17-14-11-8-5-2/h7,10,16,19,25,27-28,31-32,34-35,37-38,45,71H,4-6,8-9,11-15,17-18,20-24,26,29-30,33,36,39-44,46-70H2,1-3H3/b10-7-,19-16-,28-25-,32-31-,35-34-,38-37-,45-27-. The number of ether oxygens (including phenoxy) is 3. The SMILES string of the molecule is CC/C=C\C/C=C\C/C=C\C/C=C\C/C=C\C/C=C\CCCCCCCCCCCCCCC(=O)OCC(COC(=O)CCCCCCC/C=C\CCCCCCCC)OC(=O)CCCCCCCCCCCCCCCCCC. The Labute approximate surface area is 496 Å². The molecule has 0 saturated heterocycles. The van der Waals surface area contributed by atoms with Crippen LogP contribution in [0.1, 0.15) is 348 Å². The average Bonchev–Trinajstić information content (AvgIpc) is 3.46. The largest absolute Gasteiger partial charge is 0.462 e. The van der Waals surface area contributed by atoms with E-state index in [-0.39, 0.29) is 31.1 Å². The van der Waals surface area contributed by atoms with Crippen LogP contribution in [0.15, 0.2) is 85.1 Å². The Morgan fingerprint density at radius 1 is 0.263 bits per heavy atom. The number of hydrogen-bond donors (Lipinski definition) is 0. The maximum atomic E-state index is 12.9. The van der Waals surface area contributed by atoms with E-state index in [9.17, 15) is 14.4 Å². The number of rotatable bonds is 63. The van der Waals surface area contributed by atoms with Crippen molar-refractivity contribution in [2.24, 2.45) is 0 Å². The van der Waals surface area contributed by atoms with Crippen LogP contribution in [0.2, 0.25) is 0 Å². The van der Waals surface area contributed by atoms with E-state index in [4.69, 9.17) is 14.2 Å². The third-order valence-corrected chi connectivity index (χ3v) is 15.1. The van der Waals surface area contributed by atoms with Crippen LogP contribution in [0.5, 0.6) is 0 Å². The highest BCUT2D eigenvalue weighted by atomic mass is 16.6. The number of unbranched alkanes of at least 4 members (excludes halogenated alkanes) is 38. The fraction of sp³-hybridized carbons (Fsp3) is 0.770. The van der Waals surface area contributed by atoms with Gasteiger partial charge in [0.05, 0.1) is 0 Å². The lowest BCUT2D eigenvalue weighted by Gasteiger charge is -2.18.